The number of hydrogen-bond donors (Lipinski definition) is 1. The Bertz CT molecular complexity index is 295. The van der Waals surface area contributed by atoms with Crippen LogP contribution in [0.1, 0.15) is 19.8 Å². The molecular weight excluding hydrogens is 208 g/mol. The Hall–Kier alpha value is -0.870. The fraction of sp³-hybridized carbons (Fsp3) is 0.750. The second kappa shape index (κ2) is 4.18. The van der Waals surface area contributed by atoms with E-state index >= 15 is 0 Å². The molecule has 4 nitrogen and oxygen atoms in total. The van der Waals surface area contributed by atoms with E-state index in [1.807, 2.05) is 0 Å². The molecule has 1 saturated heterocycles. The van der Waals surface area contributed by atoms with Gasteiger partial charge in [-0.25, -0.2) is 4.79 Å². The van der Waals surface area contributed by atoms with Crippen LogP contribution in [0.25, 0.3) is 0 Å². The summed E-state index contributed by atoms with van der Waals surface area (Å²) in [5.74, 6) is -0.0516. The van der Waals surface area contributed by atoms with Gasteiger partial charge in [-0.15, -0.1) is 0 Å². The summed E-state index contributed by atoms with van der Waals surface area (Å²) in [6.07, 6.45) is 1.51. The number of hydrogen-bond acceptors (Lipinski definition) is 4. The predicted molar refractivity (Wildman–Crippen MR) is 57.7 cm³/mol. The molecule has 1 saturated carbocycles. The first-order valence-electron chi connectivity index (χ1n) is 5.66. The second-order valence-electron chi connectivity index (χ2n) is 4.94. The summed E-state index contributed by atoms with van der Waals surface area (Å²) < 4.78 is 10.4. The lowest BCUT2D eigenvalue weighted by molar-refractivity contribution is -0.205. The zero-order chi connectivity index (χ0) is 11.8. The molecule has 0 aromatic carbocycles. The largest absolute Gasteiger partial charge is 0.456 e. The normalized spacial score (nSPS) is 36.5. The molecule has 0 radical (unpaired) electrons. The van der Waals surface area contributed by atoms with Gasteiger partial charge in [0.2, 0.25) is 0 Å². The van der Waals surface area contributed by atoms with Gasteiger partial charge in [0, 0.05) is 11.5 Å². The van der Waals surface area contributed by atoms with Crippen molar-refractivity contribution in [2.75, 3.05) is 13.2 Å². The van der Waals surface area contributed by atoms with Crippen molar-refractivity contribution in [3.8, 4) is 0 Å². The van der Waals surface area contributed by atoms with Crippen molar-refractivity contribution < 1.29 is 19.4 Å². The minimum Gasteiger partial charge on any atom is -0.456 e. The first-order valence-corrected chi connectivity index (χ1v) is 5.66. The topological polar surface area (TPSA) is 55.8 Å². The maximum atomic E-state index is 11.1. The average Bonchev–Trinajstić information content (AvgIpc) is 2.20. The lowest BCUT2D eigenvalue weighted by Gasteiger charge is -2.51. The van der Waals surface area contributed by atoms with Gasteiger partial charge in [-0.3, -0.25) is 0 Å². The number of ether oxygens (including phenoxy) is 2. The van der Waals surface area contributed by atoms with Gasteiger partial charge in [0.25, 0.3) is 0 Å². The first-order chi connectivity index (χ1) is 7.57. The lowest BCUT2D eigenvalue weighted by Crippen LogP contribution is -2.56. The molecule has 0 aromatic heterocycles. The fourth-order valence-corrected chi connectivity index (χ4v) is 2.60. The van der Waals surface area contributed by atoms with Crippen molar-refractivity contribution in [2.24, 2.45) is 11.3 Å². The van der Waals surface area contributed by atoms with Gasteiger partial charge in [-0.05, 0) is 18.8 Å². The second-order valence-corrected chi connectivity index (χ2v) is 4.94. The number of aliphatic hydroxyl groups is 1. The third-order valence-electron chi connectivity index (χ3n) is 3.89. The Morgan fingerprint density at radius 3 is 2.81 bits per heavy atom. The minimum atomic E-state index is -0.580. The smallest absolute Gasteiger partial charge is 0.330 e. The van der Waals surface area contributed by atoms with Crippen LogP contribution >= 0.6 is 0 Å². The highest BCUT2D eigenvalue weighted by atomic mass is 16.6. The Balaban J connectivity index is 1.98. The molecule has 0 amide bonds. The van der Waals surface area contributed by atoms with E-state index in [0.29, 0.717) is 32.0 Å². The highest BCUT2D eigenvalue weighted by Crippen LogP contribution is 2.47. The van der Waals surface area contributed by atoms with E-state index in [2.05, 4.69) is 13.5 Å². The summed E-state index contributed by atoms with van der Waals surface area (Å²) in [5, 5.41) is 9.96. The average molecular weight is 226 g/mol. The molecule has 3 atom stereocenters. The molecule has 1 heterocycles. The summed E-state index contributed by atoms with van der Waals surface area (Å²) in [4.78, 5) is 11.1. The van der Waals surface area contributed by atoms with Gasteiger partial charge >= 0.3 is 5.97 Å². The number of carbonyl (C=O) groups is 1. The van der Waals surface area contributed by atoms with Crippen LogP contribution in [0.5, 0.6) is 0 Å². The standard InChI is InChI=1S/C12H18O4/c1-3-11(14)16-10-4-8(2)12(5-9(10)13)6-15-7-12/h3,8-10,13H,1,4-7H2,2H3. The molecule has 2 aliphatic rings. The summed E-state index contributed by atoms with van der Waals surface area (Å²) in [6.45, 7) is 6.91. The quantitative estimate of drug-likeness (QED) is 0.561. The van der Waals surface area contributed by atoms with Gasteiger partial charge in [0.05, 0.1) is 19.3 Å². The molecule has 90 valence electrons. The summed E-state index contributed by atoms with van der Waals surface area (Å²) in [5.41, 5.74) is 0.108. The van der Waals surface area contributed by atoms with Crippen molar-refractivity contribution in [1.29, 1.82) is 0 Å². The van der Waals surface area contributed by atoms with Crippen molar-refractivity contribution in [3.63, 3.8) is 0 Å². The molecule has 4 heteroatoms. The Morgan fingerprint density at radius 2 is 2.31 bits per heavy atom. The van der Waals surface area contributed by atoms with Gasteiger partial charge < -0.3 is 14.6 Å². The number of rotatable bonds is 2. The van der Waals surface area contributed by atoms with Gasteiger partial charge in [-0.2, -0.15) is 0 Å². The van der Waals surface area contributed by atoms with E-state index in [0.717, 1.165) is 6.08 Å². The molecule has 1 N–H and O–H groups in total. The van der Waals surface area contributed by atoms with Crippen molar-refractivity contribution in [3.05, 3.63) is 12.7 Å². The molecule has 2 fully saturated rings. The number of carbonyl (C=O) groups excluding carboxylic acids is 1. The van der Waals surface area contributed by atoms with E-state index in [1.165, 1.54) is 0 Å². The summed E-state index contributed by atoms with van der Waals surface area (Å²) in [6, 6.07) is 0. The minimum absolute atomic E-state index is 0.108. The number of esters is 1. The van der Waals surface area contributed by atoms with Crippen LogP contribution in [-0.4, -0.2) is 36.5 Å². The summed E-state index contributed by atoms with van der Waals surface area (Å²) in [7, 11) is 0. The van der Waals surface area contributed by atoms with E-state index in [-0.39, 0.29) is 5.41 Å². The van der Waals surface area contributed by atoms with E-state index in [4.69, 9.17) is 9.47 Å². The SMILES string of the molecule is C=CC(=O)OC1CC(C)C2(COC2)CC1O. The maximum absolute atomic E-state index is 11.1. The molecule has 3 unspecified atom stereocenters. The molecule has 16 heavy (non-hydrogen) atoms. The lowest BCUT2D eigenvalue weighted by atomic mass is 9.64. The number of aliphatic hydroxyl groups excluding tert-OH is 1. The molecule has 1 aliphatic carbocycles. The predicted octanol–water partition coefficient (Wildman–Crippen LogP) is 0.892. The van der Waals surface area contributed by atoms with E-state index < -0.39 is 18.2 Å². The van der Waals surface area contributed by atoms with Crippen LogP contribution in [0, 0.1) is 11.3 Å². The van der Waals surface area contributed by atoms with Gasteiger partial charge in [0.15, 0.2) is 0 Å². The van der Waals surface area contributed by atoms with Crippen molar-refractivity contribution in [2.45, 2.75) is 32.0 Å². The van der Waals surface area contributed by atoms with Crippen LogP contribution < -0.4 is 0 Å². The molecule has 0 bridgehead atoms. The summed E-state index contributed by atoms with van der Waals surface area (Å²) >= 11 is 0. The van der Waals surface area contributed by atoms with Gasteiger partial charge in [-0.1, -0.05) is 13.5 Å². The van der Waals surface area contributed by atoms with Crippen LogP contribution in [0.3, 0.4) is 0 Å². The Morgan fingerprint density at radius 1 is 1.62 bits per heavy atom. The van der Waals surface area contributed by atoms with Crippen molar-refractivity contribution >= 4 is 5.97 Å². The Kier molecular flexibility index (Phi) is 3.04. The molecule has 0 aromatic rings. The zero-order valence-electron chi connectivity index (χ0n) is 9.52. The molecule has 2 rings (SSSR count). The maximum Gasteiger partial charge on any atom is 0.330 e. The highest BCUT2D eigenvalue weighted by molar-refractivity contribution is 5.81. The molecule has 1 spiro atoms. The van der Waals surface area contributed by atoms with Crippen LogP contribution in [-0.2, 0) is 14.3 Å². The monoisotopic (exact) mass is 226 g/mol. The van der Waals surface area contributed by atoms with E-state index in [9.17, 15) is 9.90 Å². The Labute approximate surface area is 95.2 Å². The zero-order valence-corrected chi connectivity index (χ0v) is 9.52. The fourth-order valence-electron chi connectivity index (χ4n) is 2.60. The molecular formula is C12H18O4. The highest BCUT2D eigenvalue weighted by Gasteiger charge is 2.51. The van der Waals surface area contributed by atoms with Crippen LogP contribution in [0.2, 0.25) is 0 Å². The van der Waals surface area contributed by atoms with Gasteiger partial charge in [0.1, 0.15) is 6.10 Å². The van der Waals surface area contributed by atoms with E-state index in [1.54, 1.807) is 0 Å². The first kappa shape index (κ1) is 11.6. The third-order valence-corrected chi connectivity index (χ3v) is 3.89. The van der Waals surface area contributed by atoms with Crippen LogP contribution in [0.4, 0.5) is 0 Å². The van der Waals surface area contributed by atoms with Crippen LogP contribution in [0.15, 0.2) is 12.7 Å². The van der Waals surface area contributed by atoms with Crippen molar-refractivity contribution in [1.82, 2.24) is 0 Å². The molecule has 1 aliphatic heterocycles. The third kappa shape index (κ3) is 1.87.